The zero-order chi connectivity index (χ0) is 34.7. The van der Waals surface area contributed by atoms with Crippen molar-refractivity contribution in [2.24, 2.45) is 0 Å². The summed E-state index contributed by atoms with van der Waals surface area (Å²) in [6.45, 7) is 4.92. The molecule has 1 fully saturated rings. The molecule has 4 aromatic heterocycles. The maximum Gasteiger partial charge on any atom is 0.245 e. The number of amides is 1. The Morgan fingerprint density at radius 1 is 1.00 bits per heavy atom. The number of likely N-dealkylation sites (N-methyl/N-ethyl adjacent to an activating group) is 1. The fourth-order valence-corrected chi connectivity index (χ4v) is 6.97. The van der Waals surface area contributed by atoms with Crippen molar-refractivity contribution in [3.8, 4) is 22.8 Å². The number of carbonyl (C=O) groups is 1. The average Bonchev–Trinajstić information content (AvgIpc) is 3.79. The van der Waals surface area contributed by atoms with Gasteiger partial charge in [0.05, 0.1) is 59.9 Å². The van der Waals surface area contributed by atoms with E-state index in [1.807, 2.05) is 23.3 Å². The van der Waals surface area contributed by atoms with E-state index in [1.54, 1.807) is 18.1 Å². The normalized spacial score (nSPS) is 19.6. The predicted molar refractivity (Wildman–Crippen MR) is 175 cm³/mol. The molecule has 2 aromatic carbocycles. The van der Waals surface area contributed by atoms with Crippen LogP contribution < -0.4 is 9.64 Å². The molecule has 16 heteroatoms. The lowest BCUT2D eigenvalue weighted by Gasteiger charge is -2.31. The average molecular weight is 685 g/mol. The number of rotatable bonds is 4. The Morgan fingerprint density at radius 3 is 2.68 bits per heavy atom. The lowest BCUT2D eigenvalue weighted by atomic mass is 10.1. The number of ether oxygens (including phenoxy) is 2. The lowest BCUT2D eigenvalue weighted by molar-refractivity contribution is -0.133. The van der Waals surface area contributed by atoms with Gasteiger partial charge in [-0.15, -0.1) is 0 Å². The highest BCUT2D eigenvalue weighted by atomic mass is 19.1. The third-order valence-corrected chi connectivity index (χ3v) is 9.12. The van der Waals surface area contributed by atoms with E-state index in [1.165, 1.54) is 41.6 Å². The minimum Gasteiger partial charge on any atom is -0.471 e. The molecule has 0 radical (unpaired) electrons. The molecule has 1 amide bonds. The topological polar surface area (TPSA) is 129 Å². The second-order valence-corrected chi connectivity index (χ2v) is 12.4. The van der Waals surface area contributed by atoms with Crippen LogP contribution in [0.3, 0.4) is 0 Å². The van der Waals surface area contributed by atoms with Crippen LogP contribution in [0, 0.1) is 24.4 Å². The van der Waals surface area contributed by atoms with Crippen molar-refractivity contribution >= 4 is 33.8 Å². The van der Waals surface area contributed by atoms with E-state index in [9.17, 15) is 18.0 Å². The van der Waals surface area contributed by atoms with Gasteiger partial charge in [0.25, 0.3) is 0 Å². The highest BCUT2D eigenvalue weighted by Gasteiger charge is 2.42. The molecule has 2 aliphatic rings. The number of hydrogen-bond donors (Lipinski definition) is 0. The van der Waals surface area contributed by atoms with Crippen LogP contribution in [0.5, 0.6) is 5.88 Å². The van der Waals surface area contributed by atoms with Gasteiger partial charge < -0.3 is 23.8 Å². The van der Waals surface area contributed by atoms with E-state index >= 15 is 0 Å². The summed E-state index contributed by atoms with van der Waals surface area (Å²) in [5, 5.41) is 4.81. The van der Waals surface area contributed by atoms with Crippen molar-refractivity contribution in [1.82, 2.24) is 44.2 Å². The summed E-state index contributed by atoms with van der Waals surface area (Å²) >= 11 is 0. The quantitative estimate of drug-likeness (QED) is 0.266. The van der Waals surface area contributed by atoms with Crippen molar-refractivity contribution in [3.05, 3.63) is 78.5 Å². The Bertz CT molecular complexity index is 2280. The zero-order valence-corrected chi connectivity index (χ0v) is 27.3. The van der Waals surface area contributed by atoms with E-state index in [0.717, 1.165) is 12.1 Å². The highest BCUT2D eigenvalue weighted by molar-refractivity contribution is 5.93. The predicted octanol–water partition coefficient (Wildman–Crippen LogP) is 4.25. The zero-order valence-electron chi connectivity index (χ0n) is 27.3. The molecule has 0 aliphatic carbocycles. The van der Waals surface area contributed by atoms with Gasteiger partial charge in [-0.1, -0.05) is 0 Å². The first kappa shape index (κ1) is 31.6. The van der Waals surface area contributed by atoms with Gasteiger partial charge in [0.2, 0.25) is 11.8 Å². The highest BCUT2D eigenvalue weighted by Crippen LogP contribution is 2.35. The van der Waals surface area contributed by atoms with Crippen LogP contribution in [-0.4, -0.2) is 95.1 Å². The van der Waals surface area contributed by atoms with Gasteiger partial charge in [0.15, 0.2) is 11.5 Å². The molecule has 6 heterocycles. The molecule has 256 valence electrons. The largest absolute Gasteiger partial charge is 0.471 e. The number of imidazole rings is 1. The summed E-state index contributed by atoms with van der Waals surface area (Å²) < 4.78 is 59.2. The molecule has 1 saturated heterocycles. The summed E-state index contributed by atoms with van der Waals surface area (Å²) in [5.74, 6) is -0.955. The van der Waals surface area contributed by atoms with Crippen LogP contribution in [0.4, 0.5) is 19.0 Å². The van der Waals surface area contributed by atoms with E-state index in [0.29, 0.717) is 52.5 Å². The molecule has 13 nitrogen and oxygen atoms in total. The van der Waals surface area contributed by atoms with E-state index in [4.69, 9.17) is 14.5 Å². The van der Waals surface area contributed by atoms with Crippen LogP contribution in [-0.2, 0) is 16.1 Å². The third-order valence-electron chi connectivity index (χ3n) is 9.12. The SMILES string of the molecule is CCO[C@@H]1CN(C)C(=O)[C@@H]2C[C@@H](CN2c2ncnc3c2cnn3-c2ccc(F)cc2F)Oc2cncc(n2)-c2cc(F)cc3nc(C)n(c23)C1. The van der Waals surface area contributed by atoms with Crippen molar-refractivity contribution in [3.63, 3.8) is 0 Å². The first-order valence-corrected chi connectivity index (χ1v) is 16.1. The standard InChI is InChI=1S/C34H31F3N10O3/c1-4-49-22-14-44(3)34(48)29-10-21(15-46(29)32-24-11-41-47(33(24)40-17-39-32)28-6-5-19(35)8-25(28)37)50-30-13-38-12-27(43-30)23-7-20(36)9-26-31(23)45(16-22)18(2)42-26/h5-9,11-13,17,21-22,29H,4,10,14-16H2,1-3H3/t21-,22+,29-/m0/s1. The van der Waals surface area contributed by atoms with Crippen LogP contribution in [0.2, 0.25) is 0 Å². The fourth-order valence-electron chi connectivity index (χ4n) is 6.97. The summed E-state index contributed by atoms with van der Waals surface area (Å²) in [6, 6.07) is 5.25. The molecule has 4 bridgehead atoms. The summed E-state index contributed by atoms with van der Waals surface area (Å²) in [7, 11) is 1.72. The van der Waals surface area contributed by atoms with Gasteiger partial charge in [-0.25, -0.2) is 37.8 Å². The number of hydrogen-bond acceptors (Lipinski definition) is 10. The lowest BCUT2D eigenvalue weighted by Crippen LogP contribution is -2.47. The van der Waals surface area contributed by atoms with Crippen molar-refractivity contribution in [2.45, 2.75) is 45.1 Å². The molecule has 0 saturated carbocycles. The number of anilines is 1. The monoisotopic (exact) mass is 684 g/mol. The number of nitrogens with zero attached hydrogens (tertiary/aromatic N) is 10. The van der Waals surface area contributed by atoms with Crippen LogP contribution in [0.1, 0.15) is 19.2 Å². The number of halogens is 3. The minimum atomic E-state index is -0.809. The first-order valence-electron chi connectivity index (χ1n) is 16.1. The van der Waals surface area contributed by atoms with Crippen LogP contribution in [0.15, 0.2) is 55.2 Å². The smallest absolute Gasteiger partial charge is 0.245 e. The molecule has 50 heavy (non-hydrogen) atoms. The Morgan fingerprint density at radius 2 is 1.86 bits per heavy atom. The summed E-state index contributed by atoms with van der Waals surface area (Å²) in [6.07, 6.45) is 5.12. The van der Waals surface area contributed by atoms with Gasteiger partial charge in [0, 0.05) is 44.3 Å². The molecule has 0 spiro atoms. The number of carbonyl (C=O) groups excluding carboxylic acids is 1. The van der Waals surface area contributed by atoms with Gasteiger partial charge in [-0.05, 0) is 32.0 Å². The molecular formula is C34H31F3N10O3. The van der Waals surface area contributed by atoms with E-state index < -0.39 is 35.7 Å². The Labute approximate surface area is 283 Å². The van der Waals surface area contributed by atoms with Crippen molar-refractivity contribution in [1.29, 1.82) is 0 Å². The summed E-state index contributed by atoms with van der Waals surface area (Å²) in [5.41, 5.74) is 2.31. The molecular weight excluding hydrogens is 653 g/mol. The second kappa shape index (κ2) is 12.4. The van der Waals surface area contributed by atoms with Crippen molar-refractivity contribution < 1.29 is 27.4 Å². The number of aryl methyl sites for hydroxylation is 1. The summed E-state index contributed by atoms with van der Waals surface area (Å²) in [4.78, 5) is 40.5. The molecule has 0 N–H and O–H groups in total. The van der Waals surface area contributed by atoms with E-state index in [-0.39, 0.29) is 42.6 Å². The van der Waals surface area contributed by atoms with Gasteiger partial charge in [-0.2, -0.15) is 5.10 Å². The minimum absolute atomic E-state index is 0.00904. The molecule has 2 aliphatic heterocycles. The van der Waals surface area contributed by atoms with Crippen molar-refractivity contribution in [2.75, 3.05) is 31.6 Å². The molecule has 0 unspecified atom stereocenters. The van der Waals surface area contributed by atoms with Gasteiger partial charge in [0.1, 0.15) is 47.4 Å². The van der Waals surface area contributed by atoms with Gasteiger partial charge >= 0.3 is 0 Å². The first-order chi connectivity index (χ1) is 24.2. The maximum absolute atomic E-state index is 15.0. The second-order valence-electron chi connectivity index (χ2n) is 12.4. The van der Waals surface area contributed by atoms with E-state index in [2.05, 4.69) is 25.0 Å². The maximum atomic E-state index is 15.0. The van der Waals surface area contributed by atoms with Gasteiger partial charge in [-0.3, -0.25) is 9.78 Å². The number of aromatic nitrogens is 8. The Balaban J connectivity index is 1.23. The number of benzene rings is 2. The Kier molecular flexibility index (Phi) is 7.81. The van der Waals surface area contributed by atoms with Crippen LogP contribution in [0.25, 0.3) is 39.0 Å². The Hall–Kier alpha value is -5.64. The number of fused-ring (bicyclic) bond motifs is 6. The molecule has 6 aromatic rings. The molecule has 8 rings (SSSR count). The molecule has 3 atom stereocenters. The fraction of sp³-hybridized carbons (Fsp3) is 0.324. The van der Waals surface area contributed by atoms with Crippen LogP contribution >= 0.6 is 0 Å². The third kappa shape index (κ3) is 5.45.